The van der Waals surface area contributed by atoms with Crippen molar-refractivity contribution in [3.05, 3.63) is 52.6 Å². The number of amides is 1. The van der Waals surface area contributed by atoms with Crippen molar-refractivity contribution >= 4 is 34.7 Å². The van der Waals surface area contributed by atoms with Crippen molar-refractivity contribution in [2.45, 2.75) is 6.54 Å². The average Bonchev–Trinajstić information content (AvgIpc) is 3.18. The first-order chi connectivity index (χ1) is 11.2. The van der Waals surface area contributed by atoms with Crippen molar-refractivity contribution in [1.82, 2.24) is 14.8 Å². The van der Waals surface area contributed by atoms with Crippen LogP contribution in [0.1, 0.15) is 10.5 Å². The first-order valence-electron chi connectivity index (χ1n) is 6.83. The summed E-state index contributed by atoms with van der Waals surface area (Å²) in [7, 11) is 0. The van der Waals surface area contributed by atoms with Gasteiger partial charge in [-0.25, -0.2) is 4.68 Å². The first kappa shape index (κ1) is 15.7. The highest BCUT2D eigenvalue weighted by atomic mass is 35.5. The van der Waals surface area contributed by atoms with E-state index >= 15 is 0 Å². The minimum atomic E-state index is -0.385. The number of rotatable bonds is 5. The number of pyridine rings is 1. The molecule has 3 aromatic heterocycles. The summed E-state index contributed by atoms with van der Waals surface area (Å²) in [4.78, 5) is 17.3. The van der Waals surface area contributed by atoms with Crippen molar-refractivity contribution in [3.8, 4) is 10.6 Å². The predicted molar refractivity (Wildman–Crippen MR) is 89.8 cm³/mol. The van der Waals surface area contributed by atoms with Gasteiger partial charge in [-0.1, -0.05) is 17.7 Å². The van der Waals surface area contributed by atoms with E-state index in [-0.39, 0.29) is 24.8 Å². The molecule has 0 saturated heterocycles. The van der Waals surface area contributed by atoms with Gasteiger partial charge in [-0.15, -0.1) is 11.3 Å². The van der Waals surface area contributed by atoms with Crippen molar-refractivity contribution in [2.24, 2.45) is 0 Å². The second kappa shape index (κ2) is 6.91. The molecule has 0 atom stereocenters. The van der Waals surface area contributed by atoms with Gasteiger partial charge in [0.2, 0.25) is 0 Å². The van der Waals surface area contributed by atoms with Gasteiger partial charge in [0, 0.05) is 17.3 Å². The van der Waals surface area contributed by atoms with Crippen LogP contribution >= 0.6 is 22.9 Å². The Labute approximate surface area is 141 Å². The van der Waals surface area contributed by atoms with E-state index in [1.165, 1.54) is 12.3 Å². The zero-order chi connectivity index (χ0) is 16.2. The molecule has 0 saturated carbocycles. The first-order valence-corrected chi connectivity index (χ1v) is 8.08. The van der Waals surface area contributed by atoms with Crippen LogP contribution in [-0.4, -0.2) is 32.4 Å². The summed E-state index contributed by atoms with van der Waals surface area (Å²) in [6, 6.07) is 8.73. The maximum absolute atomic E-state index is 12.3. The quantitative estimate of drug-likeness (QED) is 0.743. The molecule has 0 fully saturated rings. The predicted octanol–water partition coefficient (Wildman–Crippen LogP) is 2.90. The highest BCUT2D eigenvalue weighted by molar-refractivity contribution is 7.13. The highest BCUT2D eigenvalue weighted by Gasteiger charge is 2.14. The van der Waals surface area contributed by atoms with Gasteiger partial charge >= 0.3 is 0 Å². The molecule has 0 aliphatic rings. The monoisotopic (exact) mass is 348 g/mol. The number of thiophene rings is 1. The van der Waals surface area contributed by atoms with Gasteiger partial charge in [0.25, 0.3) is 5.91 Å². The number of aliphatic hydroxyl groups is 1. The summed E-state index contributed by atoms with van der Waals surface area (Å²) >= 11 is 7.43. The van der Waals surface area contributed by atoms with E-state index in [4.69, 9.17) is 11.6 Å². The molecule has 0 aromatic carbocycles. The third kappa shape index (κ3) is 3.58. The van der Waals surface area contributed by atoms with Crippen LogP contribution < -0.4 is 5.32 Å². The zero-order valence-electron chi connectivity index (χ0n) is 11.9. The van der Waals surface area contributed by atoms with Gasteiger partial charge in [0.1, 0.15) is 17.2 Å². The lowest BCUT2D eigenvalue weighted by atomic mass is 10.3. The molecule has 0 aliphatic carbocycles. The Balaban J connectivity index is 1.88. The second-order valence-electron chi connectivity index (χ2n) is 4.65. The summed E-state index contributed by atoms with van der Waals surface area (Å²) < 4.78 is 1.55. The number of hydrogen-bond acceptors (Lipinski definition) is 5. The third-order valence-electron chi connectivity index (χ3n) is 3.06. The van der Waals surface area contributed by atoms with Gasteiger partial charge in [0.15, 0.2) is 0 Å². The molecule has 3 heterocycles. The average molecular weight is 349 g/mol. The molecule has 0 spiro atoms. The van der Waals surface area contributed by atoms with Crippen LogP contribution in [0.2, 0.25) is 5.02 Å². The maximum atomic E-state index is 12.3. The number of aromatic nitrogens is 3. The van der Waals surface area contributed by atoms with Crippen LogP contribution in [0.3, 0.4) is 0 Å². The largest absolute Gasteiger partial charge is 0.394 e. The fourth-order valence-corrected chi connectivity index (χ4v) is 2.88. The Bertz CT molecular complexity index is 817. The van der Waals surface area contributed by atoms with Crippen molar-refractivity contribution in [2.75, 3.05) is 11.9 Å². The Hall–Kier alpha value is -2.22. The van der Waals surface area contributed by atoms with E-state index in [0.717, 1.165) is 10.6 Å². The van der Waals surface area contributed by atoms with Crippen LogP contribution in [-0.2, 0) is 6.54 Å². The number of carbonyl (C=O) groups is 1. The molecular formula is C15H13ClN4O2S. The van der Waals surface area contributed by atoms with Crippen molar-refractivity contribution in [1.29, 1.82) is 0 Å². The van der Waals surface area contributed by atoms with Crippen molar-refractivity contribution < 1.29 is 9.90 Å². The fraction of sp³-hybridized carbons (Fsp3) is 0.133. The number of halogens is 1. The number of carbonyl (C=O) groups excluding carboxylic acids is 1. The van der Waals surface area contributed by atoms with E-state index in [1.807, 2.05) is 17.5 Å². The normalized spacial score (nSPS) is 10.7. The fourth-order valence-electron chi connectivity index (χ4n) is 2.04. The lowest BCUT2D eigenvalue weighted by Gasteiger charge is -2.07. The van der Waals surface area contributed by atoms with Crippen LogP contribution in [0.25, 0.3) is 10.6 Å². The molecule has 2 N–H and O–H groups in total. The number of aliphatic hydroxyl groups excluding tert-OH is 1. The Morgan fingerprint density at radius 3 is 2.96 bits per heavy atom. The minimum Gasteiger partial charge on any atom is -0.394 e. The van der Waals surface area contributed by atoms with Crippen LogP contribution in [0.15, 0.2) is 41.9 Å². The number of anilines is 1. The SMILES string of the molecule is O=C(Nc1cc(-c2cccs2)nn1CCO)c1cc(Cl)ccn1. The maximum Gasteiger partial charge on any atom is 0.275 e. The van der Waals surface area contributed by atoms with Crippen LogP contribution in [0.4, 0.5) is 5.82 Å². The summed E-state index contributed by atoms with van der Waals surface area (Å²) in [5.41, 5.74) is 0.953. The molecule has 3 rings (SSSR count). The topological polar surface area (TPSA) is 80.0 Å². The summed E-state index contributed by atoms with van der Waals surface area (Å²) in [5, 5.41) is 18.7. The van der Waals surface area contributed by atoms with Crippen LogP contribution in [0, 0.1) is 0 Å². The van der Waals surface area contributed by atoms with Gasteiger partial charge in [-0.05, 0) is 23.6 Å². The Kier molecular flexibility index (Phi) is 4.71. The van der Waals surface area contributed by atoms with Crippen molar-refractivity contribution in [3.63, 3.8) is 0 Å². The zero-order valence-corrected chi connectivity index (χ0v) is 13.5. The van der Waals surface area contributed by atoms with E-state index in [0.29, 0.717) is 10.8 Å². The Morgan fingerprint density at radius 1 is 1.39 bits per heavy atom. The van der Waals surface area contributed by atoms with Gasteiger partial charge in [-0.3, -0.25) is 9.78 Å². The third-order valence-corrected chi connectivity index (χ3v) is 4.19. The van der Waals surface area contributed by atoms with Gasteiger partial charge < -0.3 is 10.4 Å². The number of nitrogens with one attached hydrogen (secondary N) is 1. The standard InChI is InChI=1S/C15H13ClN4O2S/c16-10-3-4-17-12(8-10)15(22)18-14-9-11(13-2-1-7-23-13)19-20(14)5-6-21/h1-4,7-9,21H,5-6H2,(H,18,22). The molecule has 118 valence electrons. The lowest BCUT2D eigenvalue weighted by Crippen LogP contribution is -2.17. The summed E-state index contributed by atoms with van der Waals surface area (Å²) in [6.07, 6.45) is 1.47. The van der Waals surface area contributed by atoms with E-state index in [2.05, 4.69) is 15.4 Å². The smallest absolute Gasteiger partial charge is 0.275 e. The minimum absolute atomic E-state index is 0.0795. The molecule has 0 aliphatic heterocycles. The molecular weight excluding hydrogens is 336 g/mol. The highest BCUT2D eigenvalue weighted by Crippen LogP contribution is 2.26. The van der Waals surface area contributed by atoms with E-state index in [1.54, 1.807) is 28.2 Å². The second-order valence-corrected chi connectivity index (χ2v) is 6.04. The lowest BCUT2D eigenvalue weighted by molar-refractivity contribution is 0.102. The van der Waals surface area contributed by atoms with Gasteiger partial charge in [-0.2, -0.15) is 5.10 Å². The molecule has 3 aromatic rings. The number of hydrogen-bond donors (Lipinski definition) is 2. The molecule has 8 heteroatoms. The molecule has 6 nitrogen and oxygen atoms in total. The summed E-state index contributed by atoms with van der Waals surface area (Å²) in [5.74, 6) is 0.110. The summed E-state index contributed by atoms with van der Waals surface area (Å²) in [6.45, 7) is 0.202. The Morgan fingerprint density at radius 2 is 2.26 bits per heavy atom. The van der Waals surface area contributed by atoms with Crippen LogP contribution in [0.5, 0.6) is 0 Å². The number of nitrogens with zero attached hydrogens (tertiary/aromatic N) is 3. The molecule has 1 amide bonds. The molecule has 0 unspecified atom stereocenters. The molecule has 0 radical (unpaired) electrons. The van der Waals surface area contributed by atoms with E-state index in [9.17, 15) is 9.90 Å². The molecule has 0 bridgehead atoms. The van der Waals surface area contributed by atoms with E-state index < -0.39 is 0 Å². The molecule has 23 heavy (non-hydrogen) atoms. The van der Waals surface area contributed by atoms with Gasteiger partial charge in [0.05, 0.1) is 18.0 Å².